The zero-order valence-corrected chi connectivity index (χ0v) is 11.6. The van der Waals surface area contributed by atoms with Gasteiger partial charge in [-0.25, -0.2) is 4.98 Å². The second kappa shape index (κ2) is 6.06. The predicted molar refractivity (Wildman–Crippen MR) is 84.4 cm³/mol. The van der Waals surface area contributed by atoms with Crippen molar-refractivity contribution in [1.29, 1.82) is 5.26 Å². The van der Waals surface area contributed by atoms with Gasteiger partial charge in [0, 0.05) is 0 Å². The number of aryl methyl sites for hydroxylation is 1. The highest BCUT2D eigenvalue weighted by atomic mass is 14.9. The minimum atomic E-state index is 0.599. The van der Waals surface area contributed by atoms with Gasteiger partial charge in [0.1, 0.15) is 11.9 Å². The largest absolute Gasteiger partial charge is 0.337 e. The molecule has 0 aliphatic heterocycles. The van der Waals surface area contributed by atoms with E-state index in [1.54, 1.807) is 0 Å². The summed E-state index contributed by atoms with van der Waals surface area (Å²) in [6.07, 6.45) is 3.70. The molecule has 2 aromatic carbocycles. The summed E-state index contributed by atoms with van der Waals surface area (Å²) in [5.41, 5.74) is 3.71. The van der Waals surface area contributed by atoms with E-state index in [0.717, 1.165) is 23.9 Å². The normalized spacial score (nSPS) is 11.5. The third kappa shape index (κ3) is 3.01. The molecule has 3 aromatic rings. The van der Waals surface area contributed by atoms with E-state index in [1.165, 1.54) is 5.56 Å². The molecule has 0 bridgehead atoms. The zero-order chi connectivity index (χ0) is 14.5. The maximum absolute atomic E-state index is 9.32. The van der Waals surface area contributed by atoms with Crippen LogP contribution in [-0.2, 0) is 6.42 Å². The Morgan fingerprint density at radius 1 is 1.10 bits per heavy atom. The quantitative estimate of drug-likeness (QED) is 0.727. The lowest BCUT2D eigenvalue weighted by Crippen LogP contribution is -1.87. The average molecular weight is 273 g/mol. The standard InChI is InChI=1S/C18H15N3/c19-13-15(10-6-9-14-7-2-1-3-8-14)18-20-16-11-4-5-12-17(16)21-18/h1-5,7-8,10-12H,6,9H2,(H,20,21)/b15-10-. The highest BCUT2D eigenvalue weighted by Crippen LogP contribution is 2.17. The summed E-state index contributed by atoms with van der Waals surface area (Å²) in [4.78, 5) is 7.66. The molecule has 0 saturated carbocycles. The Labute approximate surface area is 123 Å². The van der Waals surface area contributed by atoms with E-state index in [0.29, 0.717) is 11.4 Å². The summed E-state index contributed by atoms with van der Waals surface area (Å²) < 4.78 is 0. The van der Waals surface area contributed by atoms with E-state index in [9.17, 15) is 5.26 Å². The van der Waals surface area contributed by atoms with Gasteiger partial charge in [-0.2, -0.15) is 5.26 Å². The molecule has 0 spiro atoms. The number of H-pyrrole nitrogens is 1. The van der Waals surface area contributed by atoms with Gasteiger partial charge in [0.2, 0.25) is 0 Å². The first kappa shape index (κ1) is 13.1. The molecule has 0 atom stereocenters. The number of allylic oxidation sites excluding steroid dienone is 2. The predicted octanol–water partition coefficient (Wildman–Crippen LogP) is 4.10. The van der Waals surface area contributed by atoms with Crippen LogP contribution in [0.5, 0.6) is 0 Å². The minimum Gasteiger partial charge on any atom is -0.337 e. The van der Waals surface area contributed by atoms with E-state index >= 15 is 0 Å². The fourth-order valence-electron chi connectivity index (χ4n) is 2.30. The summed E-state index contributed by atoms with van der Waals surface area (Å²) in [5, 5.41) is 9.32. The van der Waals surface area contributed by atoms with Crippen LogP contribution < -0.4 is 0 Å². The van der Waals surface area contributed by atoms with Crippen LogP contribution in [0.4, 0.5) is 0 Å². The highest BCUT2D eigenvalue weighted by Gasteiger charge is 2.06. The number of rotatable bonds is 4. The molecular formula is C18H15N3. The molecule has 102 valence electrons. The molecule has 1 heterocycles. The van der Waals surface area contributed by atoms with Crippen LogP contribution in [0.3, 0.4) is 0 Å². The van der Waals surface area contributed by atoms with Gasteiger partial charge in [-0.3, -0.25) is 0 Å². The lowest BCUT2D eigenvalue weighted by molar-refractivity contribution is 1.00. The van der Waals surface area contributed by atoms with Crippen LogP contribution in [0.15, 0.2) is 60.7 Å². The number of para-hydroxylation sites is 2. The Morgan fingerprint density at radius 2 is 1.86 bits per heavy atom. The van der Waals surface area contributed by atoms with E-state index in [4.69, 9.17) is 0 Å². The van der Waals surface area contributed by atoms with Crippen LogP contribution in [-0.4, -0.2) is 9.97 Å². The van der Waals surface area contributed by atoms with Crippen molar-refractivity contribution in [2.45, 2.75) is 12.8 Å². The van der Waals surface area contributed by atoms with Crippen LogP contribution in [0, 0.1) is 11.3 Å². The van der Waals surface area contributed by atoms with Gasteiger partial charge < -0.3 is 4.98 Å². The highest BCUT2D eigenvalue weighted by molar-refractivity contribution is 5.81. The number of aromatic nitrogens is 2. The van der Waals surface area contributed by atoms with Gasteiger partial charge in [0.15, 0.2) is 0 Å². The summed E-state index contributed by atoms with van der Waals surface area (Å²) >= 11 is 0. The average Bonchev–Trinajstić information content (AvgIpc) is 2.96. The summed E-state index contributed by atoms with van der Waals surface area (Å²) in [6, 6.07) is 20.3. The lowest BCUT2D eigenvalue weighted by Gasteiger charge is -1.97. The second-order valence-corrected chi connectivity index (χ2v) is 4.86. The SMILES string of the molecule is N#C/C(=C/CCc1ccccc1)c1nc2ccccc2[nH]1. The van der Waals surface area contributed by atoms with Crippen molar-refractivity contribution >= 4 is 16.6 Å². The Kier molecular flexibility index (Phi) is 3.79. The third-order valence-electron chi connectivity index (χ3n) is 3.39. The van der Waals surface area contributed by atoms with Crippen molar-refractivity contribution in [3.63, 3.8) is 0 Å². The first-order chi connectivity index (χ1) is 10.4. The van der Waals surface area contributed by atoms with Crippen LogP contribution >= 0.6 is 0 Å². The number of aromatic amines is 1. The Hall–Kier alpha value is -2.86. The molecule has 1 aromatic heterocycles. The van der Waals surface area contributed by atoms with Crippen molar-refractivity contribution in [2.24, 2.45) is 0 Å². The summed E-state index contributed by atoms with van der Waals surface area (Å²) in [7, 11) is 0. The number of nitrogens with zero attached hydrogens (tertiary/aromatic N) is 2. The first-order valence-corrected chi connectivity index (χ1v) is 6.96. The number of hydrogen-bond donors (Lipinski definition) is 1. The number of fused-ring (bicyclic) bond motifs is 1. The molecule has 21 heavy (non-hydrogen) atoms. The molecule has 0 aliphatic rings. The molecule has 3 heteroatoms. The van der Waals surface area contributed by atoms with Crippen LogP contribution in [0.25, 0.3) is 16.6 Å². The Bertz CT molecular complexity index is 774. The van der Waals surface area contributed by atoms with Crippen LogP contribution in [0.1, 0.15) is 17.8 Å². The van der Waals surface area contributed by atoms with E-state index in [-0.39, 0.29) is 0 Å². The van der Waals surface area contributed by atoms with E-state index < -0.39 is 0 Å². The molecule has 0 radical (unpaired) electrons. The van der Waals surface area contributed by atoms with Crippen molar-refractivity contribution in [1.82, 2.24) is 9.97 Å². The van der Waals surface area contributed by atoms with Gasteiger partial charge in [0.25, 0.3) is 0 Å². The summed E-state index contributed by atoms with van der Waals surface area (Å²) in [5.74, 6) is 0.645. The van der Waals surface area contributed by atoms with Crippen molar-refractivity contribution in [2.75, 3.05) is 0 Å². The lowest BCUT2D eigenvalue weighted by atomic mass is 10.1. The van der Waals surface area contributed by atoms with E-state index in [2.05, 4.69) is 28.2 Å². The Balaban J connectivity index is 1.78. The number of nitriles is 1. The molecule has 3 nitrogen and oxygen atoms in total. The molecule has 0 aliphatic carbocycles. The topological polar surface area (TPSA) is 52.5 Å². The molecule has 3 rings (SSSR count). The van der Waals surface area contributed by atoms with E-state index in [1.807, 2.05) is 48.5 Å². The molecule has 1 N–H and O–H groups in total. The molecule has 0 amide bonds. The second-order valence-electron chi connectivity index (χ2n) is 4.86. The molecule has 0 saturated heterocycles. The summed E-state index contributed by atoms with van der Waals surface area (Å²) in [6.45, 7) is 0. The van der Waals surface area contributed by atoms with Gasteiger partial charge in [-0.05, 0) is 30.5 Å². The van der Waals surface area contributed by atoms with Gasteiger partial charge in [-0.1, -0.05) is 48.5 Å². The monoisotopic (exact) mass is 273 g/mol. The Morgan fingerprint density at radius 3 is 2.62 bits per heavy atom. The molecule has 0 fully saturated rings. The maximum Gasteiger partial charge on any atom is 0.148 e. The number of imidazole rings is 1. The molecule has 0 unspecified atom stereocenters. The van der Waals surface area contributed by atoms with Gasteiger partial charge in [-0.15, -0.1) is 0 Å². The van der Waals surface area contributed by atoms with Gasteiger partial charge >= 0.3 is 0 Å². The fourth-order valence-corrected chi connectivity index (χ4v) is 2.30. The van der Waals surface area contributed by atoms with Crippen molar-refractivity contribution in [3.05, 3.63) is 72.1 Å². The number of benzene rings is 2. The number of nitrogens with one attached hydrogen (secondary N) is 1. The first-order valence-electron chi connectivity index (χ1n) is 6.96. The van der Waals surface area contributed by atoms with Gasteiger partial charge in [0.05, 0.1) is 16.6 Å². The molecular weight excluding hydrogens is 258 g/mol. The van der Waals surface area contributed by atoms with Crippen molar-refractivity contribution in [3.8, 4) is 6.07 Å². The third-order valence-corrected chi connectivity index (χ3v) is 3.39. The van der Waals surface area contributed by atoms with Crippen molar-refractivity contribution < 1.29 is 0 Å². The maximum atomic E-state index is 9.32. The minimum absolute atomic E-state index is 0.599. The number of hydrogen-bond acceptors (Lipinski definition) is 2. The fraction of sp³-hybridized carbons (Fsp3) is 0.111. The zero-order valence-electron chi connectivity index (χ0n) is 11.6. The smallest absolute Gasteiger partial charge is 0.148 e. The van der Waals surface area contributed by atoms with Crippen LogP contribution in [0.2, 0.25) is 0 Å².